The van der Waals surface area contributed by atoms with Crippen molar-refractivity contribution in [1.29, 1.82) is 0 Å². The first-order valence-corrected chi connectivity index (χ1v) is 9.27. The highest BCUT2D eigenvalue weighted by atomic mass is 16.5. The molecule has 0 unspecified atom stereocenters. The third kappa shape index (κ3) is 7.70. The van der Waals surface area contributed by atoms with E-state index in [1.54, 1.807) is 0 Å². The summed E-state index contributed by atoms with van der Waals surface area (Å²) in [6.07, 6.45) is 1.82. The zero-order valence-electron chi connectivity index (χ0n) is 15.4. The number of hydrogen-bond donors (Lipinski definition) is 1. The highest BCUT2D eigenvalue weighted by molar-refractivity contribution is 6.29. The van der Waals surface area contributed by atoms with Crippen molar-refractivity contribution < 1.29 is 4.74 Å². The molecule has 0 aliphatic carbocycles. The lowest BCUT2D eigenvalue weighted by atomic mass is 10.3. The predicted molar refractivity (Wildman–Crippen MR) is 101 cm³/mol. The summed E-state index contributed by atoms with van der Waals surface area (Å²) in [5.74, 6) is 0.925. The molecule has 2 saturated heterocycles. The molecular formula is C17H34N6O. The first kappa shape index (κ1) is 19.3. The van der Waals surface area contributed by atoms with Gasteiger partial charge in [0.2, 0.25) is 0 Å². The van der Waals surface area contributed by atoms with E-state index < -0.39 is 0 Å². The molecule has 3 rings (SSSR count). The Morgan fingerprint density at radius 3 is 2.42 bits per heavy atom. The van der Waals surface area contributed by atoms with E-state index in [0.717, 1.165) is 58.3 Å². The summed E-state index contributed by atoms with van der Waals surface area (Å²) in [4.78, 5) is 15.8. The summed E-state index contributed by atoms with van der Waals surface area (Å²) in [6, 6.07) is 0. The average Bonchev–Trinajstić information content (AvgIpc) is 2.65. The molecule has 0 amide bonds. The van der Waals surface area contributed by atoms with Gasteiger partial charge >= 0.3 is 0 Å². The second-order valence-electron chi connectivity index (χ2n) is 6.42. The standard InChI is InChI=1S/C10H18N4O.C7H16N2/c1-2-12-10(9-11-1)13-3-4-14-5-7-15-8-6-14;1-3-9-6-4-8(2)5-7-9/h9H,1-8H2,(H,12,13);3-7H2,1-2H3. The number of nitrogens with one attached hydrogen (secondary N) is 1. The van der Waals surface area contributed by atoms with Crippen LogP contribution in [0.1, 0.15) is 6.92 Å². The monoisotopic (exact) mass is 338 g/mol. The van der Waals surface area contributed by atoms with Crippen LogP contribution in [-0.2, 0) is 4.74 Å². The fraction of sp³-hybridized carbons (Fsp3) is 0.882. The van der Waals surface area contributed by atoms with E-state index in [0.29, 0.717) is 0 Å². The second kappa shape index (κ2) is 11.5. The molecule has 138 valence electrons. The topological polar surface area (TPSA) is 55.7 Å². The molecule has 0 atom stereocenters. The van der Waals surface area contributed by atoms with Crippen molar-refractivity contribution in [2.75, 3.05) is 92.3 Å². The molecule has 24 heavy (non-hydrogen) atoms. The number of nitrogens with zero attached hydrogens (tertiary/aromatic N) is 5. The first-order chi connectivity index (χ1) is 11.8. The minimum absolute atomic E-state index is 0.816. The lowest BCUT2D eigenvalue weighted by Crippen LogP contribution is -2.44. The van der Waals surface area contributed by atoms with Gasteiger partial charge in [-0.05, 0) is 13.6 Å². The van der Waals surface area contributed by atoms with Crippen molar-refractivity contribution in [3.63, 3.8) is 0 Å². The van der Waals surface area contributed by atoms with Gasteiger partial charge in [-0.15, -0.1) is 0 Å². The highest BCUT2D eigenvalue weighted by Crippen LogP contribution is 1.97. The molecule has 7 heteroatoms. The molecule has 2 fully saturated rings. The van der Waals surface area contributed by atoms with Gasteiger partial charge in [0.15, 0.2) is 0 Å². The number of hydrogen-bond acceptors (Lipinski definition) is 7. The molecule has 0 aromatic rings. The van der Waals surface area contributed by atoms with Gasteiger partial charge < -0.3 is 19.9 Å². The quantitative estimate of drug-likeness (QED) is 0.759. The molecule has 0 bridgehead atoms. The molecule has 0 aromatic carbocycles. The van der Waals surface area contributed by atoms with Crippen LogP contribution in [0, 0.1) is 0 Å². The van der Waals surface area contributed by atoms with Crippen molar-refractivity contribution in [2.24, 2.45) is 9.98 Å². The van der Waals surface area contributed by atoms with Crippen LogP contribution in [0.4, 0.5) is 0 Å². The molecular weight excluding hydrogens is 304 g/mol. The number of morpholine rings is 1. The summed E-state index contributed by atoms with van der Waals surface area (Å²) in [5, 5.41) is 3.29. The number of amidine groups is 1. The maximum absolute atomic E-state index is 5.29. The fourth-order valence-corrected chi connectivity index (χ4v) is 2.85. The van der Waals surface area contributed by atoms with Gasteiger partial charge in [0.1, 0.15) is 5.84 Å². The number of rotatable bonds is 4. The molecule has 0 aromatic heterocycles. The Morgan fingerprint density at radius 2 is 1.79 bits per heavy atom. The average molecular weight is 339 g/mol. The van der Waals surface area contributed by atoms with E-state index in [4.69, 9.17) is 4.74 Å². The Morgan fingerprint density at radius 1 is 1.04 bits per heavy atom. The van der Waals surface area contributed by atoms with Gasteiger partial charge in [-0.3, -0.25) is 14.9 Å². The van der Waals surface area contributed by atoms with Gasteiger partial charge in [-0.2, -0.15) is 0 Å². The van der Waals surface area contributed by atoms with Crippen molar-refractivity contribution in [2.45, 2.75) is 6.92 Å². The van der Waals surface area contributed by atoms with Crippen LogP contribution in [0.3, 0.4) is 0 Å². The van der Waals surface area contributed by atoms with Crippen LogP contribution >= 0.6 is 0 Å². The first-order valence-electron chi connectivity index (χ1n) is 9.27. The number of likely N-dealkylation sites (N-methyl/N-ethyl adjacent to an activating group) is 2. The maximum atomic E-state index is 5.29. The van der Waals surface area contributed by atoms with Crippen LogP contribution in [0.25, 0.3) is 0 Å². The van der Waals surface area contributed by atoms with Crippen molar-refractivity contribution in [3.05, 3.63) is 0 Å². The smallest absolute Gasteiger partial charge is 0.139 e. The summed E-state index contributed by atoms with van der Waals surface area (Å²) in [5.41, 5.74) is 0. The van der Waals surface area contributed by atoms with E-state index in [-0.39, 0.29) is 0 Å². The summed E-state index contributed by atoms with van der Waals surface area (Å²) >= 11 is 0. The van der Waals surface area contributed by atoms with E-state index in [2.05, 4.69) is 44.0 Å². The van der Waals surface area contributed by atoms with Crippen LogP contribution in [0.5, 0.6) is 0 Å². The van der Waals surface area contributed by atoms with Gasteiger partial charge in [-0.1, -0.05) is 6.92 Å². The van der Waals surface area contributed by atoms with E-state index in [9.17, 15) is 0 Å². The summed E-state index contributed by atoms with van der Waals surface area (Å²) in [6.45, 7) is 15.9. The third-order valence-corrected chi connectivity index (χ3v) is 4.61. The number of aliphatic imine (C=N–C) groups is 2. The van der Waals surface area contributed by atoms with Gasteiger partial charge in [0.25, 0.3) is 0 Å². The van der Waals surface area contributed by atoms with Crippen LogP contribution in [0.15, 0.2) is 9.98 Å². The lowest BCUT2D eigenvalue weighted by Gasteiger charge is -2.31. The Balaban J connectivity index is 0.000000198. The SMILES string of the molecule is C1=NCCN=C1NCCN1CCOCC1.CCN1CCN(C)CC1. The second-order valence-corrected chi connectivity index (χ2v) is 6.42. The maximum Gasteiger partial charge on any atom is 0.139 e. The fourth-order valence-electron chi connectivity index (χ4n) is 2.85. The van der Waals surface area contributed by atoms with Crippen molar-refractivity contribution in [1.82, 2.24) is 20.0 Å². The molecule has 0 radical (unpaired) electrons. The largest absolute Gasteiger partial charge is 0.379 e. The van der Waals surface area contributed by atoms with E-state index in [1.807, 2.05) is 6.21 Å². The molecule has 7 nitrogen and oxygen atoms in total. The summed E-state index contributed by atoms with van der Waals surface area (Å²) < 4.78 is 5.29. The number of piperazine rings is 1. The predicted octanol–water partition coefficient (Wildman–Crippen LogP) is -0.355. The zero-order chi connectivity index (χ0) is 17.0. The van der Waals surface area contributed by atoms with Gasteiger partial charge in [0.05, 0.1) is 32.5 Å². The van der Waals surface area contributed by atoms with Crippen LogP contribution in [0.2, 0.25) is 0 Å². The molecule has 3 aliphatic rings. The van der Waals surface area contributed by atoms with Crippen molar-refractivity contribution >= 4 is 12.1 Å². The minimum Gasteiger partial charge on any atom is -0.379 e. The lowest BCUT2D eigenvalue weighted by molar-refractivity contribution is 0.0389. The Kier molecular flexibility index (Phi) is 9.27. The molecule has 0 spiro atoms. The summed E-state index contributed by atoms with van der Waals surface area (Å²) in [7, 11) is 2.19. The molecule has 3 heterocycles. The van der Waals surface area contributed by atoms with Gasteiger partial charge in [-0.25, -0.2) is 0 Å². The zero-order valence-corrected chi connectivity index (χ0v) is 15.4. The minimum atomic E-state index is 0.816. The highest BCUT2D eigenvalue weighted by Gasteiger charge is 2.10. The van der Waals surface area contributed by atoms with Crippen LogP contribution in [-0.4, -0.2) is 119 Å². The Hall–Kier alpha value is -1.02. The van der Waals surface area contributed by atoms with Gasteiger partial charge in [0, 0.05) is 52.4 Å². The van der Waals surface area contributed by atoms with E-state index in [1.165, 1.54) is 32.7 Å². The Bertz CT molecular complexity index is 387. The molecule has 1 N–H and O–H groups in total. The number of ether oxygens (including phenoxy) is 1. The molecule has 0 saturated carbocycles. The van der Waals surface area contributed by atoms with Crippen LogP contribution < -0.4 is 5.32 Å². The molecule has 3 aliphatic heterocycles. The van der Waals surface area contributed by atoms with E-state index >= 15 is 0 Å². The normalized spacial score (nSPS) is 23.3. The van der Waals surface area contributed by atoms with Crippen molar-refractivity contribution in [3.8, 4) is 0 Å². The Labute approximate surface area is 146 Å². The third-order valence-electron chi connectivity index (χ3n) is 4.61.